The monoisotopic (exact) mass is 247 g/mol. The van der Waals surface area contributed by atoms with Crippen molar-refractivity contribution < 1.29 is 4.74 Å². The molecule has 2 heteroatoms. The molecule has 1 aliphatic heterocycles. The highest BCUT2D eigenvalue weighted by atomic mass is 16.5. The van der Waals surface area contributed by atoms with Crippen LogP contribution in [0.4, 0.5) is 0 Å². The van der Waals surface area contributed by atoms with Crippen LogP contribution in [0.5, 0.6) is 0 Å². The summed E-state index contributed by atoms with van der Waals surface area (Å²) in [6.45, 7) is 5.25. The largest absolute Gasteiger partial charge is 0.378 e. The van der Waals surface area contributed by atoms with E-state index >= 15 is 0 Å². The van der Waals surface area contributed by atoms with Crippen molar-refractivity contribution in [3.63, 3.8) is 0 Å². The molecule has 1 heterocycles. The van der Waals surface area contributed by atoms with Gasteiger partial charge in [0, 0.05) is 12.6 Å². The summed E-state index contributed by atoms with van der Waals surface area (Å²) >= 11 is 0. The molecule has 0 radical (unpaired) electrons. The van der Waals surface area contributed by atoms with Crippen LogP contribution in [0.3, 0.4) is 0 Å². The average Bonchev–Trinajstić information content (AvgIpc) is 2.84. The van der Waals surface area contributed by atoms with Crippen molar-refractivity contribution in [3.8, 4) is 0 Å². The molecule has 0 amide bonds. The van der Waals surface area contributed by atoms with Crippen LogP contribution in [0.15, 0.2) is 18.2 Å². The number of benzene rings is 1. The van der Waals surface area contributed by atoms with Gasteiger partial charge in [0.25, 0.3) is 0 Å². The minimum absolute atomic E-state index is 0.260. The molecule has 2 unspecified atom stereocenters. The molecular formula is C16H25NO. The topological polar surface area (TPSA) is 35.2 Å². The van der Waals surface area contributed by atoms with E-state index < -0.39 is 0 Å². The molecule has 2 nitrogen and oxygen atoms in total. The maximum Gasteiger partial charge on any atom is 0.0576 e. The first-order valence-corrected chi connectivity index (χ1v) is 7.08. The summed E-state index contributed by atoms with van der Waals surface area (Å²) in [5.74, 6) is 0. The second-order valence-corrected chi connectivity index (χ2v) is 5.60. The maximum absolute atomic E-state index is 6.22. The molecule has 100 valence electrons. The lowest BCUT2D eigenvalue weighted by Gasteiger charge is -2.15. The molecule has 2 rings (SSSR count). The predicted octanol–water partition coefficient (Wildman–Crippen LogP) is 3.13. The van der Waals surface area contributed by atoms with Crippen molar-refractivity contribution in [2.24, 2.45) is 5.73 Å². The SMILES string of the molecule is Cc1ccc(CC(N)CCC2CCCO2)cc1C. The molecule has 1 aromatic carbocycles. The standard InChI is InChI=1S/C16H25NO/c1-12-5-6-14(10-13(12)2)11-15(17)7-8-16-4-3-9-18-16/h5-6,10,15-16H,3-4,7-9,11,17H2,1-2H3. The van der Waals surface area contributed by atoms with Gasteiger partial charge in [-0.05, 0) is 62.6 Å². The van der Waals surface area contributed by atoms with Crippen molar-refractivity contribution in [2.75, 3.05) is 6.61 Å². The zero-order valence-corrected chi connectivity index (χ0v) is 11.6. The number of rotatable bonds is 5. The van der Waals surface area contributed by atoms with Gasteiger partial charge in [-0.2, -0.15) is 0 Å². The van der Waals surface area contributed by atoms with Crippen LogP contribution in [0.25, 0.3) is 0 Å². The molecule has 2 N–H and O–H groups in total. The molecular weight excluding hydrogens is 222 g/mol. The van der Waals surface area contributed by atoms with E-state index in [-0.39, 0.29) is 6.04 Å². The van der Waals surface area contributed by atoms with Gasteiger partial charge < -0.3 is 10.5 Å². The quantitative estimate of drug-likeness (QED) is 0.867. The van der Waals surface area contributed by atoms with Crippen LogP contribution < -0.4 is 5.73 Å². The number of ether oxygens (including phenoxy) is 1. The molecule has 0 saturated carbocycles. The van der Waals surface area contributed by atoms with Crippen LogP contribution in [-0.4, -0.2) is 18.8 Å². The molecule has 0 aromatic heterocycles. The lowest BCUT2D eigenvalue weighted by molar-refractivity contribution is 0.101. The summed E-state index contributed by atoms with van der Waals surface area (Å²) in [5.41, 5.74) is 10.3. The summed E-state index contributed by atoms with van der Waals surface area (Å²) in [6.07, 6.45) is 6.07. The fourth-order valence-electron chi connectivity index (χ4n) is 2.61. The Kier molecular flexibility index (Phi) is 4.79. The van der Waals surface area contributed by atoms with Gasteiger partial charge in [0.15, 0.2) is 0 Å². The first kappa shape index (κ1) is 13.6. The van der Waals surface area contributed by atoms with E-state index in [0.717, 1.165) is 25.9 Å². The Morgan fingerprint density at radius 1 is 1.33 bits per heavy atom. The fraction of sp³-hybridized carbons (Fsp3) is 0.625. The Balaban J connectivity index is 1.78. The fourth-order valence-corrected chi connectivity index (χ4v) is 2.61. The summed E-state index contributed by atoms with van der Waals surface area (Å²) in [7, 11) is 0. The van der Waals surface area contributed by atoms with Crippen LogP contribution in [-0.2, 0) is 11.2 Å². The van der Waals surface area contributed by atoms with Gasteiger partial charge in [0.2, 0.25) is 0 Å². The van der Waals surface area contributed by atoms with Crippen molar-refractivity contribution in [2.45, 2.75) is 58.1 Å². The minimum Gasteiger partial charge on any atom is -0.378 e. The van der Waals surface area contributed by atoms with Crippen molar-refractivity contribution in [1.82, 2.24) is 0 Å². The van der Waals surface area contributed by atoms with Gasteiger partial charge in [-0.25, -0.2) is 0 Å². The van der Waals surface area contributed by atoms with Crippen LogP contribution in [0.1, 0.15) is 42.4 Å². The zero-order chi connectivity index (χ0) is 13.0. The predicted molar refractivity (Wildman–Crippen MR) is 75.8 cm³/mol. The Morgan fingerprint density at radius 2 is 2.17 bits per heavy atom. The van der Waals surface area contributed by atoms with E-state index in [4.69, 9.17) is 10.5 Å². The van der Waals surface area contributed by atoms with Crippen molar-refractivity contribution >= 4 is 0 Å². The normalized spacial score (nSPS) is 21.2. The number of hydrogen-bond acceptors (Lipinski definition) is 2. The summed E-state index contributed by atoms with van der Waals surface area (Å²) < 4.78 is 5.63. The smallest absolute Gasteiger partial charge is 0.0576 e. The number of aryl methyl sites for hydroxylation is 2. The molecule has 1 saturated heterocycles. The summed E-state index contributed by atoms with van der Waals surface area (Å²) in [6, 6.07) is 6.92. The molecule has 1 fully saturated rings. The second kappa shape index (κ2) is 6.35. The Hall–Kier alpha value is -0.860. The first-order chi connectivity index (χ1) is 8.65. The lowest BCUT2D eigenvalue weighted by Crippen LogP contribution is -2.24. The molecule has 0 bridgehead atoms. The minimum atomic E-state index is 0.260. The van der Waals surface area contributed by atoms with Crippen molar-refractivity contribution in [3.05, 3.63) is 34.9 Å². The molecule has 1 aliphatic rings. The third kappa shape index (κ3) is 3.82. The van der Waals surface area contributed by atoms with Crippen LogP contribution in [0, 0.1) is 13.8 Å². The van der Waals surface area contributed by atoms with E-state index in [1.54, 1.807) is 0 Å². The second-order valence-electron chi connectivity index (χ2n) is 5.60. The van der Waals surface area contributed by atoms with E-state index in [1.165, 1.54) is 29.5 Å². The number of nitrogens with two attached hydrogens (primary N) is 1. The third-order valence-electron chi connectivity index (χ3n) is 3.95. The third-order valence-corrected chi connectivity index (χ3v) is 3.95. The van der Waals surface area contributed by atoms with E-state index in [1.807, 2.05) is 0 Å². The molecule has 1 aromatic rings. The highest BCUT2D eigenvalue weighted by Crippen LogP contribution is 2.18. The van der Waals surface area contributed by atoms with Crippen molar-refractivity contribution in [1.29, 1.82) is 0 Å². The average molecular weight is 247 g/mol. The Morgan fingerprint density at radius 3 is 2.83 bits per heavy atom. The Labute approximate surface area is 111 Å². The van der Waals surface area contributed by atoms with E-state index in [0.29, 0.717) is 6.10 Å². The van der Waals surface area contributed by atoms with Gasteiger partial charge in [0.1, 0.15) is 0 Å². The van der Waals surface area contributed by atoms with Gasteiger partial charge >= 0.3 is 0 Å². The highest BCUT2D eigenvalue weighted by molar-refractivity contribution is 5.30. The molecule has 18 heavy (non-hydrogen) atoms. The Bertz CT molecular complexity index is 383. The number of hydrogen-bond donors (Lipinski definition) is 1. The van der Waals surface area contributed by atoms with Crippen LogP contribution >= 0.6 is 0 Å². The van der Waals surface area contributed by atoms with Gasteiger partial charge in [-0.3, -0.25) is 0 Å². The zero-order valence-electron chi connectivity index (χ0n) is 11.6. The van der Waals surface area contributed by atoms with Gasteiger partial charge in [-0.15, -0.1) is 0 Å². The summed E-state index contributed by atoms with van der Waals surface area (Å²) in [4.78, 5) is 0. The van der Waals surface area contributed by atoms with E-state index in [2.05, 4.69) is 32.0 Å². The summed E-state index contributed by atoms with van der Waals surface area (Å²) in [5, 5.41) is 0. The van der Waals surface area contributed by atoms with Gasteiger partial charge in [-0.1, -0.05) is 18.2 Å². The maximum atomic E-state index is 6.22. The molecule has 0 spiro atoms. The van der Waals surface area contributed by atoms with E-state index in [9.17, 15) is 0 Å². The van der Waals surface area contributed by atoms with Crippen LogP contribution in [0.2, 0.25) is 0 Å². The molecule has 0 aliphatic carbocycles. The highest BCUT2D eigenvalue weighted by Gasteiger charge is 2.16. The van der Waals surface area contributed by atoms with Gasteiger partial charge in [0.05, 0.1) is 6.10 Å². The molecule has 2 atom stereocenters. The lowest BCUT2D eigenvalue weighted by atomic mass is 9.97. The first-order valence-electron chi connectivity index (χ1n) is 7.08.